The summed E-state index contributed by atoms with van der Waals surface area (Å²) in [6.07, 6.45) is 0. The fourth-order valence-electron chi connectivity index (χ4n) is 1.98. The highest BCUT2D eigenvalue weighted by Gasteiger charge is 2.12. The van der Waals surface area contributed by atoms with E-state index in [0.29, 0.717) is 10.6 Å². The van der Waals surface area contributed by atoms with Crippen molar-refractivity contribution in [2.75, 3.05) is 0 Å². The van der Waals surface area contributed by atoms with Gasteiger partial charge in [0.1, 0.15) is 0 Å². The monoisotopic (exact) mass is 351 g/mol. The second-order valence-corrected chi connectivity index (χ2v) is 6.12. The van der Waals surface area contributed by atoms with Crippen LogP contribution < -0.4 is 5.32 Å². The van der Waals surface area contributed by atoms with Gasteiger partial charge in [-0.2, -0.15) is 0 Å². The zero-order chi connectivity index (χ0) is 14.7. The van der Waals surface area contributed by atoms with Gasteiger partial charge < -0.3 is 5.32 Å². The molecule has 0 aliphatic heterocycles. The minimum atomic E-state index is -0.119. The Balaban J connectivity index is 2.12. The summed E-state index contributed by atoms with van der Waals surface area (Å²) >= 11 is 9.38. The van der Waals surface area contributed by atoms with Crippen LogP contribution in [0.1, 0.15) is 34.5 Å². The number of carbonyl (C=O) groups excluding carboxylic acids is 1. The Hall–Kier alpha value is -1.32. The third kappa shape index (κ3) is 3.84. The van der Waals surface area contributed by atoms with Crippen molar-refractivity contribution in [3.05, 3.63) is 68.7 Å². The molecule has 1 atom stereocenters. The summed E-state index contributed by atoms with van der Waals surface area (Å²) in [4.78, 5) is 12.2. The number of hydrogen-bond donors (Lipinski definition) is 1. The van der Waals surface area contributed by atoms with Crippen LogP contribution in [0, 0.1) is 6.92 Å². The first-order chi connectivity index (χ1) is 9.45. The number of aryl methyl sites for hydroxylation is 1. The quantitative estimate of drug-likeness (QED) is 0.836. The van der Waals surface area contributed by atoms with Crippen molar-refractivity contribution in [1.29, 1.82) is 0 Å². The molecular formula is C16H15BrClNO. The number of amides is 1. The molecule has 0 radical (unpaired) electrons. The van der Waals surface area contributed by atoms with E-state index in [1.54, 1.807) is 6.07 Å². The van der Waals surface area contributed by atoms with Gasteiger partial charge in [0, 0.05) is 15.1 Å². The second-order valence-electron chi connectivity index (χ2n) is 4.76. The topological polar surface area (TPSA) is 29.1 Å². The van der Waals surface area contributed by atoms with Crippen LogP contribution in [0.15, 0.2) is 46.9 Å². The van der Waals surface area contributed by atoms with Gasteiger partial charge in [0.15, 0.2) is 0 Å². The van der Waals surface area contributed by atoms with Gasteiger partial charge in [-0.3, -0.25) is 4.79 Å². The average molecular weight is 353 g/mol. The van der Waals surface area contributed by atoms with E-state index in [2.05, 4.69) is 21.2 Å². The minimum absolute atomic E-state index is 0.0603. The molecule has 104 valence electrons. The van der Waals surface area contributed by atoms with E-state index in [1.807, 2.05) is 50.2 Å². The zero-order valence-corrected chi connectivity index (χ0v) is 13.6. The first-order valence-electron chi connectivity index (χ1n) is 6.29. The fourth-order valence-corrected chi connectivity index (χ4v) is 2.54. The van der Waals surface area contributed by atoms with Gasteiger partial charge in [-0.25, -0.2) is 0 Å². The summed E-state index contributed by atoms with van der Waals surface area (Å²) in [6.45, 7) is 3.87. The van der Waals surface area contributed by atoms with Crippen molar-refractivity contribution in [2.45, 2.75) is 19.9 Å². The molecule has 0 aliphatic rings. The smallest absolute Gasteiger partial charge is 0.251 e. The van der Waals surface area contributed by atoms with Gasteiger partial charge in [-0.15, -0.1) is 0 Å². The molecule has 2 aromatic rings. The largest absolute Gasteiger partial charge is 0.346 e. The highest BCUT2D eigenvalue weighted by atomic mass is 79.9. The van der Waals surface area contributed by atoms with Gasteiger partial charge >= 0.3 is 0 Å². The molecule has 0 fully saturated rings. The third-order valence-electron chi connectivity index (χ3n) is 3.02. The van der Waals surface area contributed by atoms with Crippen molar-refractivity contribution in [3.8, 4) is 0 Å². The summed E-state index contributed by atoms with van der Waals surface area (Å²) < 4.78 is 1.02. The van der Waals surface area contributed by atoms with Crippen molar-refractivity contribution >= 4 is 33.4 Å². The van der Waals surface area contributed by atoms with Gasteiger partial charge in [0.25, 0.3) is 5.91 Å². The van der Waals surface area contributed by atoms with Crippen LogP contribution in [0.25, 0.3) is 0 Å². The maximum atomic E-state index is 12.2. The van der Waals surface area contributed by atoms with Crippen LogP contribution in [0.5, 0.6) is 0 Å². The Morgan fingerprint density at radius 2 is 1.85 bits per heavy atom. The molecule has 2 aromatic carbocycles. The van der Waals surface area contributed by atoms with E-state index in [-0.39, 0.29) is 11.9 Å². The first kappa shape index (κ1) is 15.1. The van der Waals surface area contributed by atoms with Crippen LogP contribution in [-0.2, 0) is 0 Å². The molecule has 2 rings (SSSR count). The van der Waals surface area contributed by atoms with Gasteiger partial charge in [0.05, 0.1) is 6.04 Å². The highest BCUT2D eigenvalue weighted by molar-refractivity contribution is 9.10. The standard InChI is InChI=1S/C16H15BrClNO/c1-10-7-13(9-15(18)8-10)16(20)19-11(2)12-3-5-14(17)6-4-12/h3-9,11H,1-2H3,(H,19,20). The molecular weight excluding hydrogens is 338 g/mol. The lowest BCUT2D eigenvalue weighted by molar-refractivity contribution is 0.0940. The van der Waals surface area contributed by atoms with Gasteiger partial charge in [-0.05, 0) is 55.3 Å². The molecule has 0 heterocycles. The lowest BCUT2D eigenvalue weighted by Gasteiger charge is -2.15. The van der Waals surface area contributed by atoms with Crippen LogP contribution in [0.2, 0.25) is 5.02 Å². The molecule has 0 spiro atoms. The summed E-state index contributed by atoms with van der Waals surface area (Å²) in [5.41, 5.74) is 2.61. The van der Waals surface area contributed by atoms with Crippen LogP contribution >= 0.6 is 27.5 Å². The highest BCUT2D eigenvalue weighted by Crippen LogP contribution is 2.18. The molecule has 1 amide bonds. The molecule has 0 saturated heterocycles. The Bertz CT molecular complexity index is 605. The van der Waals surface area contributed by atoms with E-state index in [0.717, 1.165) is 15.6 Å². The molecule has 4 heteroatoms. The van der Waals surface area contributed by atoms with E-state index in [9.17, 15) is 4.79 Å². The average Bonchev–Trinajstić information content (AvgIpc) is 2.38. The van der Waals surface area contributed by atoms with E-state index >= 15 is 0 Å². The second kappa shape index (κ2) is 6.42. The molecule has 1 unspecified atom stereocenters. The van der Waals surface area contributed by atoms with Gasteiger partial charge in [0.2, 0.25) is 0 Å². The fraction of sp³-hybridized carbons (Fsp3) is 0.188. The lowest BCUT2D eigenvalue weighted by Crippen LogP contribution is -2.26. The molecule has 2 nitrogen and oxygen atoms in total. The number of nitrogens with one attached hydrogen (secondary N) is 1. The van der Waals surface area contributed by atoms with Crippen LogP contribution in [0.3, 0.4) is 0 Å². The Morgan fingerprint density at radius 1 is 1.20 bits per heavy atom. The van der Waals surface area contributed by atoms with E-state index < -0.39 is 0 Å². The molecule has 1 N–H and O–H groups in total. The number of halogens is 2. The van der Waals surface area contributed by atoms with Crippen LogP contribution in [-0.4, -0.2) is 5.91 Å². The zero-order valence-electron chi connectivity index (χ0n) is 11.3. The maximum absolute atomic E-state index is 12.2. The number of benzene rings is 2. The Morgan fingerprint density at radius 3 is 2.45 bits per heavy atom. The maximum Gasteiger partial charge on any atom is 0.251 e. The molecule has 0 bridgehead atoms. The van der Waals surface area contributed by atoms with E-state index in [1.165, 1.54) is 0 Å². The number of rotatable bonds is 3. The van der Waals surface area contributed by atoms with Crippen molar-refractivity contribution in [1.82, 2.24) is 5.32 Å². The minimum Gasteiger partial charge on any atom is -0.346 e. The summed E-state index contributed by atoms with van der Waals surface area (Å²) in [5, 5.41) is 3.55. The van der Waals surface area contributed by atoms with Gasteiger partial charge in [-0.1, -0.05) is 39.7 Å². The Kier molecular flexibility index (Phi) is 4.84. The first-order valence-corrected chi connectivity index (χ1v) is 7.46. The SMILES string of the molecule is Cc1cc(Cl)cc(C(=O)NC(C)c2ccc(Br)cc2)c1. The molecule has 0 aromatic heterocycles. The van der Waals surface area contributed by atoms with Crippen molar-refractivity contribution < 1.29 is 4.79 Å². The van der Waals surface area contributed by atoms with E-state index in [4.69, 9.17) is 11.6 Å². The Labute approximate surface area is 132 Å². The summed E-state index contributed by atoms with van der Waals surface area (Å²) in [7, 11) is 0. The predicted molar refractivity (Wildman–Crippen MR) is 86.2 cm³/mol. The predicted octanol–water partition coefficient (Wildman–Crippen LogP) is 4.90. The lowest BCUT2D eigenvalue weighted by atomic mass is 10.1. The van der Waals surface area contributed by atoms with Crippen LogP contribution in [0.4, 0.5) is 0 Å². The van der Waals surface area contributed by atoms with Crippen molar-refractivity contribution in [3.63, 3.8) is 0 Å². The normalized spacial score (nSPS) is 12.0. The summed E-state index contributed by atoms with van der Waals surface area (Å²) in [5.74, 6) is -0.119. The molecule has 0 aliphatic carbocycles. The number of hydrogen-bond acceptors (Lipinski definition) is 1. The molecule has 20 heavy (non-hydrogen) atoms. The van der Waals surface area contributed by atoms with Crippen molar-refractivity contribution in [2.24, 2.45) is 0 Å². The summed E-state index contributed by atoms with van der Waals surface area (Å²) in [6, 6.07) is 13.2. The third-order valence-corrected chi connectivity index (χ3v) is 3.77. The molecule has 0 saturated carbocycles. The number of carbonyl (C=O) groups is 1.